The van der Waals surface area contributed by atoms with Gasteiger partial charge in [0, 0.05) is 27.2 Å². The second kappa shape index (κ2) is 11.4. The summed E-state index contributed by atoms with van der Waals surface area (Å²) in [6.07, 6.45) is 4.70. The molecule has 3 aromatic rings. The molecule has 7 nitrogen and oxygen atoms in total. The topological polar surface area (TPSA) is 86.1 Å². The number of thioether (sulfide) groups is 1. The maximum absolute atomic E-state index is 12.6. The number of nitrogens with zero attached hydrogens (tertiary/aromatic N) is 3. The summed E-state index contributed by atoms with van der Waals surface area (Å²) >= 11 is 4.40. The molecule has 3 heterocycles. The number of nitrogens with one attached hydrogen (secondary N) is 1. The Morgan fingerprint density at radius 1 is 1.28 bits per heavy atom. The molecule has 170 valence electrons. The van der Waals surface area contributed by atoms with E-state index in [-0.39, 0.29) is 11.7 Å². The molecule has 0 spiro atoms. The van der Waals surface area contributed by atoms with Gasteiger partial charge in [-0.1, -0.05) is 38.1 Å². The molecule has 3 aromatic heterocycles. The van der Waals surface area contributed by atoms with Crippen molar-refractivity contribution >= 4 is 51.3 Å². The van der Waals surface area contributed by atoms with Crippen molar-refractivity contribution in [3.05, 3.63) is 45.5 Å². The van der Waals surface area contributed by atoms with E-state index < -0.39 is 5.97 Å². The van der Waals surface area contributed by atoms with Gasteiger partial charge in [0.15, 0.2) is 11.0 Å². The van der Waals surface area contributed by atoms with Gasteiger partial charge < -0.3 is 10.1 Å². The number of carbonyl (C=O) groups excluding carboxylic acids is 2. The highest BCUT2D eigenvalue weighted by Crippen LogP contribution is 2.31. The molecule has 0 aliphatic rings. The van der Waals surface area contributed by atoms with Gasteiger partial charge in [-0.25, -0.2) is 4.79 Å². The lowest BCUT2D eigenvalue weighted by Crippen LogP contribution is -2.16. The highest BCUT2D eigenvalue weighted by atomic mass is 32.2. The molecule has 0 saturated carbocycles. The minimum atomic E-state index is -0.461. The predicted molar refractivity (Wildman–Crippen MR) is 132 cm³/mol. The van der Waals surface area contributed by atoms with Gasteiger partial charge in [0.2, 0.25) is 5.91 Å². The van der Waals surface area contributed by atoms with Crippen molar-refractivity contribution in [2.45, 2.75) is 44.8 Å². The van der Waals surface area contributed by atoms with Crippen molar-refractivity contribution in [3.8, 4) is 11.4 Å². The Morgan fingerprint density at radius 2 is 2.09 bits per heavy atom. The number of hydrogen-bond donors (Lipinski definition) is 1. The van der Waals surface area contributed by atoms with Gasteiger partial charge >= 0.3 is 5.97 Å². The van der Waals surface area contributed by atoms with Gasteiger partial charge in [-0.05, 0) is 25.0 Å². The average Bonchev–Trinajstić information content (AvgIpc) is 3.51. The number of aromatic nitrogens is 3. The molecule has 0 unspecified atom stereocenters. The molecule has 32 heavy (non-hydrogen) atoms. The van der Waals surface area contributed by atoms with E-state index in [1.54, 1.807) is 23.5 Å². The predicted octanol–water partition coefficient (Wildman–Crippen LogP) is 5.29. The molecule has 10 heteroatoms. The summed E-state index contributed by atoms with van der Waals surface area (Å²) in [4.78, 5) is 26.9. The number of ether oxygens (including phenoxy) is 1. The fraction of sp³-hybridized carbons (Fsp3) is 0.364. The van der Waals surface area contributed by atoms with Crippen LogP contribution in [0.2, 0.25) is 0 Å². The van der Waals surface area contributed by atoms with E-state index in [4.69, 9.17) is 4.74 Å². The van der Waals surface area contributed by atoms with Crippen LogP contribution in [0.1, 0.15) is 40.4 Å². The number of amides is 1. The van der Waals surface area contributed by atoms with Crippen LogP contribution in [-0.2, 0) is 28.9 Å². The van der Waals surface area contributed by atoms with Gasteiger partial charge in [-0.15, -0.1) is 39.4 Å². The number of carbonyl (C=O) groups is 2. The summed E-state index contributed by atoms with van der Waals surface area (Å²) in [5, 5.41) is 14.7. The lowest BCUT2D eigenvalue weighted by molar-refractivity contribution is -0.113. The third-order valence-electron chi connectivity index (χ3n) is 4.56. The van der Waals surface area contributed by atoms with Crippen LogP contribution >= 0.6 is 34.4 Å². The molecule has 0 saturated heterocycles. The third-order valence-corrected chi connectivity index (χ3v) is 7.72. The van der Waals surface area contributed by atoms with E-state index in [2.05, 4.69) is 40.5 Å². The Labute approximate surface area is 199 Å². The molecule has 0 fully saturated rings. The van der Waals surface area contributed by atoms with Crippen molar-refractivity contribution in [3.63, 3.8) is 0 Å². The summed E-state index contributed by atoms with van der Waals surface area (Å²) in [7, 11) is 1.33. The van der Waals surface area contributed by atoms with Crippen LogP contribution in [0.3, 0.4) is 0 Å². The molecule has 0 radical (unpaired) electrons. The van der Waals surface area contributed by atoms with Gasteiger partial charge in [0.25, 0.3) is 0 Å². The van der Waals surface area contributed by atoms with E-state index in [1.165, 1.54) is 35.1 Å². The molecular formula is C22H26N4O3S3. The zero-order valence-electron chi connectivity index (χ0n) is 18.3. The number of methoxy groups -OCH3 is 1. The molecule has 0 atom stereocenters. The zero-order valence-corrected chi connectivity index (χ0v) is 20.8. The van der Waals surface area contributed by atoms with Crippen LogP contribution in [0.15, 0.2) is 35.3 Å². The molecule has 1 N–H and O–H groups in total. The van der Waals surface area contributed by atoms with Crippen molar-refractivity contribution in [1.29, 1.82) is 0 Å². The first-order chi connectivity index (χ1) is 15.5. The third kappa shape index (κ3) is 5.67. The largest absolute Gasteiger partial charge is 0.465 e. The number of anilines is 1. The van der Waals surface area contributed by atoms with E-state index >= 15 is 0 Å². The molecule has 3 rings (SSSR count). The molecule has 0 bridgehead atoms. The zero-order chi connectivity index (χ0) is 23.1. The Bertz CT molecular complexity index is 1100. The Balaban J connectivity index is 1.72. The van der Waals surface area contributed by atoms with Crippen molar-refractivity contribution in [1.82, 2.24) is 14.8 Å². The Morgan fingerprint density at radius 3 is 2.78 bits per heavy atom. The average molecular weight is 491 g/mol. The van der Waals surface area contributed by atoms with Crippen molar-refractivity contribution < 1.29 is 14.3 Å². The van der Waals surface area contributed by atoms with Crippen LogP contribution in [0.25, 0.3) is 11.4 Å². The fourth-order valence-electron chi connectivity index (χ4n) is 3.04. The summed E-state index contributed by atoms with van der Waals surface area (Å²) in [5.41, 5.74) is 1.41. The van der Waals surface area contributed by atoms with Crippen LogP contribution < -0.4 is 5.32 Å². The Hall–Kier alpha value is -2.43. The van der Waals surface area contributed by atoms with Crippen LogP contribution in [-0.4, -0.2) is 39.5 Å². The smallest absolute Gasteiger partial charge is 0.340 e. The standard InChI is InChI=1S/C22H26N4O3S3/c1-5-8-16-10-14(12-30-16)19-24-25-22(26(19)9-6-2)31-13-18(27)23-20-17(21(28)29-4)11-15(7-3)32-20/h6,10-12H,2,5,7-9,13H2,1,3-4H3,(H,23,27). The van der Waals surface area contributed by atoms with E-state index in [0.717, 1.165) is 35.5 Å². The van der Waals surface area contributed by atoms with Crippen LogP contribution in [0, 0.1) is 0 Å². The van der Waals surface area contributed by atoms with Crippen LogP contribution in [0.4, 0.5) is 5.00 Å². The minimum Gasteiger partial charge on any atom is -0.465 e. The summed E-state index contributed by atoms with van der Waals surface area (Å²) in [6, 6.07) is 3.91. The maximum Gasteiger partial charge on any atom is 0.340 e. The van der Waals surface area contributed by atoms with Crippen molar-refractivity contribution in [2.24, 2.45) is 0 Å². The highest BCUT2D eigenvalue weighted by Gasteiger charge is 2.20. The minimum absolute atomic E-state index is 0.139. The molecule has 1 amide bonds. The van der Waals surface area contributed by atoms with E-state index in [0.29, 0.717) is 22.3 Å². The number of thiophene rings is 2. The summed E-state index contributed by atoms with van der Waals surface area (Å²) in [6.45, 7) is 8.54. The lowest BCUT2D eigenvalue weighted by Gasteiger charge is -2.07. The summed E-state index contributed by atoms with van der Waals surface area (Å²) < 4.78 is 6.79. The first-order valence-electron chi connectivity index (χ1n) is 10.3. The maximum atomic E-state index is 12.6. The van der Waals surface area contributed by atoms with Crippen LogP contribution in [0.5, 0.6) is 0 Å². The quantitative estimate of drug-likeness (QED) is 0.223. The summed E-state index contributed by atoms with van der Waals surface area (Å²) in [5.74, 6) is 0.225. The van der Waals surface area contributed by atoms with E-state index in [9.17, 15) is 9.59 Å². The lowest BCUT2D eigenvalue weighted by atomic mass is 10.2. The monoisotopic (exact) mass is 490 g/mol. The van der Waals surface area contributed by atoms with E-state index in [1.807, 2.05) is 11.5 Å². The highest BCUT2D eigenvalue weighted by molar-refractivity contribution is 7.99. The fourth-order valence-corrected chi connectivity index (χ4v) is 5.76. The van der Waals surface area contributed by atoms with Crippen molar-refractivity contribution in [2.75, 3.05) is 18.2 Å². The van der Waals surface area contributed by atoms with Gasteiger partial charge in [-0.2, -0.15) is 0 Å². The Kier molecular flexibility index (Phi) is 8.66. The molecular weight excluding hydrogens is 464 g/mol. The first-order valence-corrected chi connectivity index (χ1v) is 12.9. The number of hydrogen-bond acceptors (Lipinski definition) is 8. The molecule has 0 aliphatic carbocycles. The second-order valence-electron chi connectivity index (χ2n) is 6.89. The first kappa shape index (κ1) is 24.2. The van der Waals surface area contributed by atoms with Gasteiger partial charge in [-0.3, -0.25) is 9.36 Å². The number of aryl methyl sites for hydroxylation is 2. The van der Waals surface area contributed by atoms with Gasteiger partial charge in [0.1, 0.15) is 5.00 Å². The molecule has 0 aromatic carbocycles. The molecule has 0 aliphatic heterocycles. The SMILES string of the molecule is C=CCn1c(SCC(=O)Nc2sc(CC)cc2C(=O)OC)nnc1-c1csc(CCC)c1. The second-order valence-corrected chi connectivity index (χ2v) is 9.97. The normalized spacial score (nSPS) is 10.8. The van der Waals surface area contributed by atoms with Gasteiger partial charge in [0.05, 0.1) is 18.4 Å². The number of allylic oxidation sites excluding steroid dienone is 1. The number of esters is 1. The number of rotatable bonds is 11.